The zero-order valence-corrected chi connectivity index (χ0v) is 15.8. The minimum absolute atomic E-state index is 0.0249. The first-order chi connectivity index (χ1) is 13.2. The molecule has 27 heavy (non-hydrogen) atoms. The number of rotatable bonds is 3. The van der Waals surface area contributed by atoms with Gasteiger partial charge in [0.15, 0.2) is 11.5 Å². The van der Waals surface area contributed by atoms with Gasteiger partial charge in [-0.1, -0.05) is 5.16 Å². The standard InChI is InChI=1S/C20H25N5O2/c1-24(20(26)19-15-7-3-5-9-17(15)27-23-19)14-11-25(12-14)18-10-13-6-2-4-8-16(13)21-22-18/h10,14H,2-9,11-12H2,1H3. The van der Waals surface area contributed by atoms with E-state index in [2.05, 4.69) is 26.3 Å². The normalized spacial score (nSPS) is 19.2. The number of carbonyl (C=O) groups is 1. The lowest BCUT2D eigenvalue weighted by molar-refractivity contribution is 0.0693. The van der Waals surface area contributed by atoms with Crippen LogP contribution in [0.5, 0.6) is 0 Å². The lowest BCUT2D eigenvalue weighted by Crippen LogP contribution is -2.60. The van der Waals surface area contributed by atoms with Crippen molar-refractivity contribution in [1.82, 2.24) is 20.3 Å². The first kappa shape index (κ1) is 16.7. The van der Waals surface area contributed by atoms with Crippen molar-refractivity contribution in [2.75, 3.05) is 25.0 Å². The van der Waals surface area contributed by atoms with E-state index in [9.17, 15) is 4.79 Å². The van der Waals surface area contributed by atoms with Crippen molar-refractivity contribution in [3.63, 3.8) is 0 Å². The highest BCUT2D eigenvalue weighted by atomic mass is 16.5. The van der Waals surface area contributed by atoms with Gasteiger partial charge in [0.25, 0.3) is 5.91 Å². The summed E-state index contributed by atoms with van der Waals surface area (Å²) in [4.78, 5) is 16.9. The van der Waals surface area contributed by atoms with E-state index in [4.69, 9.17) is 4.52 Å². The van der Waals surface area contributed by atoms with Gasteiger partial charge in [-0.2, -0.15) is 5.10 Å². The van der Waals surface area contributed by atoms with Gasteiger partial charge < -0.3 is 14.3 Å². The maximum absolute atomic E-state index is 12.9. The summed E-state index contributed by atoms with van der Waals surface area (Å²) in [7, 11) is 1.87. The van der Waals surface area contributed by atoms with Crippen molar-refractivity contribution < 1.29 is 9.32 Å². The van der Waals surface area contributed by atoms with Crippen LogP contribution >= 0.6 is 0 Å². The van der Waals surface area contributed by atoms with Crippen LogP contribution in [0, 0.1) is 0 Å². The van der Waals surface area contributed by atoms with E-state index < -0.39 is 0 Å². The predicted octanol–water partition coefficient (Wildman–Crippen LogP) is 2.18. The Balaban J connectivity index is 1.25. The van der Waals surface area contributed by atoms with E-state index in [0.717, 1.165) is 74.4 Å². The van der Waals surface area contributed by atoms with Crippen LogP contribution in [0.3, 0.4) is 0 Å². The topological polar surface area (TPSA) is 75.4 Å². The summed E-state index contributed by atoms with van der Waals surface area (Å²) < 4.78 is 5.41. The third kappa shape index (κ3) is 2.89. The first-order valence-corrected chi connectivity index (χ1v) is 10.1. The Hall–Kier alpha value is -2.44. The maximum Gasteiger partial charge on any atom is 0.276 e. The molecule has 3 aliphatic rings. The van der Waals surface area contributed by atoms with E-state index in [1.165, 1.54) is 18.4 Å². The summed E-state index contributed by atoms with van der Waals surface area (Å²) in [6.07, 6.45) is 8.61. The summed E-state index contributed by atoms with van der Waals surface area (Å²) in [5, 5.41) is 12.9. The molecule has 1 fully saturated rings. The zero-order chi connectivity index (χ0) is 18.4. The fraction of sp³-hybridized carbons (Fsp3) is 0.600. The van der Waals surface area contributed by atoms with Gasteiger partial charge in [0.05, 0.1) is 11.7 Å². The fourth-order valence-electron chi connectivity index (χ4n) is 4.41. The molecule has 1 aliphatic heterocycles. The number of fused-ring (bicyclic) bond motifs is 2. The third-order valence-electron chi connectivity index (χ3n) is 6.26. The van der Waals surface area contributed by atoms with Gasteiger partial charge in [-0.15, -0.1) is 5.10 Å². The fourth-order valence-corrected chi connectivity index (χ4v) is 4.41. The number of nitrogens with zero attached hydrogens (tertiary/aromatic N) is 5. The molecular weight excluding hydrogens is 342 g/mol. The number of anilines is 1. The average molecular weight is 367 g/mol. The van der Waals surface area contributed by atoms with Crippen LogP contribution in [-0.2, 0) is 25.7 Å². The van der Waals surface area contributed by atoms with Crippen molar-refractivity contribution >= 4 is 11.7 Å². The maximum atomic E-state index is 12.9. The van der Waals surface area contributed by atoms with E-state index in [1.807, 2.05) is 11.9 Å². The molecule has 7 nitrogen and oxygen atoms in total. The Morgan fingerprint density at radius 1 is 1.11 bits per heavy atom. The number of aryl methyl sites for hydroxylation is 3. The Morgan fingerprint density at radius 2 is 1.89 bits per heavy atom. The second kappa shape index (κ2) is 6.62. The Labute approximate surface area is 158 Å². The van der Waals surface area contributed by atoms with Gasteiger partial charge >= 0.3 is 0 Å². The number of amides is 1. The summed E-state index contributed by atoms with van der Waals surface area (Å²) in [6, 6.07) is 2.36. The molecule has 0 radical (unpaired) electrons. The van der Waals surface area contributed by atoms with Crippen LogP contribution in [-0.4, -0.2) is 52.3 Å². The molecule has 3 heterocycles. The molecule has 142 valence electrons. The molecule has 0 spiro atoms. The quantitative estimate of drug-likeness (QED) is 0.828. The molecular formula is C20H25N5O2. The average Bonchev–Trinajstić information content (AvgIpc) is 3.10. The molecule has 0 bridgehead atoms. The van der Waals surface area contributed by atoms with Gasteiger partial charge in [0, 0.05) is 32.1 Å². The van der Waals surface area contributed by atoms with Crippen molar-refractivity contribution in [2.24, 2.45) is 0 Å². The summed E-state index contributed by atoms with van der Waals surface area (Å²) >= 11 is 0. The van der Waals surface area contributed by atoms with Gasteiger partial charge in [-0.25, -0.2) is 0 Å². The second-order valence-corrected chi connectivity index (χ2v) is 8.00. The number of likely N-dealkylation sites (N-methyl/N-ethyl adjacent to an activating group) is 1. The molecule has 2 aromatic rings. The minimum atomic E-state index is -0.0249. The Kier molecular flexibility index (Phi) is 4.10. The number of hydrogen-bond donors (Lipinski definition) is 0. The number of aromatic nitrogens is 3. The van der Waals surface area contributed by atoms with E-state index in [1.54, 1.807) is 0 Å². The smallest absolute Gasteiger partial charge is 0.276 e. The minimum Gasteiger partial charge on any atom is -0.360 e. The largest absolute Gasteiger partial charge is 0.360 e. The monoisotopic (exact) mass is 367 g/mol. The van der Waals surface area contributed by atoms with Crippen LogP contribution in [0.25, 0.3) is 0 Å². The van der Waals surface area contributed by atoms with Gasteiger partial charge in [-0.3, -0.25) is 4.79 Å². The molecule has 0 atom stereocenters. The molecule has 0 N–H and O–H groups in total. The van der Waals surface area contributed by atoms with Gasteiger partial charge in [0.1, 0.15) is 5.76 Å². The first-order valence-electron chi connectivity index (χ1n) is 10.1. The van der Waals surface area contributed by atoms with Crippen LogP contribution in [0.1, 0.15) is 58.8 Å². The van der Waals surface area contributed by atoms with E-state index in [-0.39, 0.29) is 11.9 Å². The van der Waals surface area contributed by atoms with Crippen molar-refractivity contribution in [3.8, 4) is 0 Å². The Morgan fingerprint density at radius 3 is 2.78 bits per heavy atom. The van der Waals surface area contributed by atoms with Gasteiger partial charge in [0.2, 0.25) is 0 Å². The van der Waals surface area contributed by atoms with Crippen LogP contribution in [0.15, 0.2) is 10.6 Å². The summed E-state index contributed by atoms with van der Waals surface area (Å²) in [5.74, 6) is 1.81. The summed E-state index contributed by atoms with van der Waals surface area (Å²) in [5.41, 5.74) is 4.03. The van der Waals surface area contributed by atoms with Crippen LogP contribution < -0.4 is 4.90 Å². The molecule has 5 rings (SSSR count). The molecule has 1 saturated heterocycles. The highest BCUT2D eigenvalue weighted by molar-refractivity contribution is 5.94. The van der Waals surface area contributed by atoms with E-state index >= 15 is 0 Å². The van der Waals surface area contributed by atoms with Crippen LogP contribution in [0.4, 0.5) is 5.82 Å². The van der Waals surface area contributed by atoms with Crippen molar-refractivity contribution in [2.45, 2.75) is 57.4 Å². The molecule has 7 heteroatoms. The molecule has 0 saturated carbocycles. The number of hydrogen-bond acceptors (Lipinski definition) is 6. The zero-order valence-electron chi connectivity index (χ0n) is 15.8. The number of carbonyl (C=O) groups excluding carboxylic acids is 1. The molecule has 1 amide bonds. The van der Waals surface area contributed by atoms with Crippen LogP contribution in [0.2, 0.25) is 0 Å². The van der Waals surface area contributed by atoms with Gasteiger partial charge in [-0.05, 0) is 56.6 Å². The summed E-state index contributed by atoms with van der Waals surface area (Å²) in [6.45, 7) is 1.57. The predicted molar refractivity (Wildman–Crippen MR) is 99.9 cm³/mol. The second-order valence-electron chi connectivity index (χ2n) is 8.00. The Bertz CT molecular complexity index is 871. The highest BCUT2D eigenvalue weighted by Gasteiger charge is 2.36. The lowest BCUT2D eigenvalue weighted by atomic mass is 9.95. The van der Waals surface area contributed by atoms with Crippen molar-refractivity contribution in [3.05, 3.63) is 34.3 Å². The lowest BCUT2D eigenvalue weighted by Gasteiger charge is -2.44. The molecule has 2 aromatic heterocycles. The highest BCUT2D eigenvalue weighted by Crippen LogP contribution is 2.28. The molecule has 2 aliphatic carbocycles. The van der Waals surface area contributed by atoms with Crippen molar-refractivity contribution in [1.29, 1.82) is 0 Å². The van der Waals surface area contributed by atoms with E-state index in [0.29, 0.717) is 5.69 Å². The molecule has 0 aromatic carbocycles. The SMILES string of the molecule is CN(C(=O)c1noc2c1CCCC2)C1CN(c2cc3c(nn2)CCCC3)C1. The third-order valence-corrected chi connectivity index (χ3v) is 6.26. The molecule has 0 unspecified atom stereocenters.